The molecule has 0 aliphatic rings. The molecule has 1 amide bonds. The first-order valence-electron chi connectivity index (χ1n) is 12.1. The molecule has 188 valence electrons. The summed E-state index contributed by atoms with van der Waals surface area (Å²) >= 11 is 6.05. The van der Waals surface area contributed by atoms with Gasteiger partial charge in [-0.1, -0.05) is 72.3 Å². The van der Waals surface area contributed by atoms with E-state index in [9.17, 15) is 9.59 Å². The number of carbonyl (C=O) groups is 2. The predicted molar refractivity (Wildman–Crippen MR) is 146 cm³/mol. The third-order valence-electron chi connectivity index (χ3n) is 5.74. The lowest BCUT2D eigenvalue weighted by Crippen LogP contribution is -2.36. The number of benzene rings is 3. The summed E-state index contributed by atoms with van der Waals surface area (Å²) < 4.78 is 6.91. The van der Waals surface area contributed by atoms with Crippen LogP contribution in [-0.2, 0) is 20.7 Å². The molecule has 0 radical (unpaired) electrons. The van der Waals surface area contributed by atoms with Gasteiger partial charge in [-0.25, -0.2) is 9.48 Å². The molecule has 0 saturated carbocycles. The molecular weight excluding hydrogens is 486 g/mol. The number of hydrogen-bond acceptors (Lipinski definition) is 4. The third kappa shape index (κ3) is 7.66. The first-order chi connectivity index (χ1) is 18.0. The first-order valence-corrected chi connectivity index (χ1v) is 12.4. The van der Waals surface area contributed by atoms with Gasteiger partial charge in [0, 0.05) is 34.5 Å². The number of aryl methyl sites for hydroxylation is 1. The van der Waals surface area contributed by atoms with Crippen molar-refractivity contribution < 1.29 is 14.3 Å². The van der Waals surface area contributed by atoms with Crippen LogP contribution < -0.4 is 5.32 Å². The number of carbonyl (C=O) groups excluding carboxylic acids is 2. The molecule has 0 unspecified atom stereocenters. The van der Waals surface area contributed by atoms with E-state index in [4.69, 9.17) is 21.4 Å². The van der Waals surface area contributed by atoms with E-state index in [0.717, 1.165) is 29.7 Å². The van der Waals surface area contributed by atoms with Crippen LogP contribution in [0.4, 0.5) is 0 Å². The fourth-order valence-electron chi connectivity index (χ4n) is 3.81. The van der Waals surface area contributed by atoms with Gasteiger partial charge in [0.05, 0.1) is 11.4 Å². The Morgan fingerprint density at radius 1 is 1.00 bits per heavy atom. The van der Waals surface area contributed by atoms with Crippen LogP contribution in [0.5, 0.6) is 0 Å². The van der Waals surface area contributed by atoms with Crippen LogP contribution in [0.25, 0.3) is 23.0 Å². The number of halogens is 1. The Bertz CT molecular complexity index is 1350. The SMILES string of the molecule is C[C@H](CCc1ccccc1)NC(=O)COC(=O)/C=C/c1cn(-c2ccccc2)nc1-c1ccc(Cl)cc1. The normalized spacial score (nSPS) is 11.8. The van der Waals surface area contributed by atoms with Crippen molar-refractivity contribution in [3.8, 4) is 16.9 Å². The molecule has 0 fully saturated rings. The zero-order valence-corrected chi connectivity index (χ0v) is 21.3. The summed E-state index contributed by atoms with van der Waals surface area (Å²) in [5.74, 6) is -0.942. The van der Waals surface area contributed by atoms with Gasteiger partial charge >= 0.3 is 5.97 Å². The monoisotopic (exact) mass is 513 g/mol. The molecule has 7 heteroatoms. The van der Waals surface area contributed by atoms with Gasteiger partial charge in [0.25, 0.3) is 5.91 Å². The Labute approximate surface area is 221 Å². The van der Waals surface area contributed by atoms with Crippen molar-refractivity contribution in [1.82, 2.24) is 15.1 Å². The zero-order chi connectivity index (χ0) is 26.0. The van der Waals surface area contributed by atoms with Crippen LogP contribution in [0.1, 0.15) is 24.5 Å². The minimum Gasteiger partial charge on any atom is -0.452 e. The number of esters is 1. The van der Waals surface area contributed by atoms with Gasteiger partial charge in [-0.2, -0.15) is 5.10 Å². The number of aromatic nitrogens is 2. The average Bonchev–Trinajstić information content (AvgIpc) is 3.35. The second kappa shape index (κ2) is 12.7. The minimum atomic E-state index is -0.610. The van der Waals surface area contributed by atoms with Gasteiger partial charge in [-0.05, 0) is 55.7 Å². The van der Waals surface area contributed by atoms with E-state index in [-0.39, 0.29) is 18.6 Å². The molecule has 0 aliphatic carbocycles. The number of ether oxygens (including phenoxy) is 1. The topological polar surface area (TPSA) is 73.2 Å². The fraction of sp³-hybridized carbons (Fsp3) is 0.167. The number of amides is 1. The van der Waals surface area contributed by atoms with E-state index < -0.39 is 5.97 Å². The predicted octanol–water partition coefficient (Wildman–Crippen LogP) is 5.89. The summed E-state index contributed by atoms with van der Waals surface area (Å²) in [4.78, 5) is 24.6. The Kier molecular flexibility index (Phi) is 8.89. The zero-order valence-electron chi connectivity index (χ0n) is 20.5. The lowest BCUT2D eigenvalue weighted by atomic mass is 10.1. The van der Waals surface area contributed by atoms with Crippen LogP contribution in [0.15, 0.2) is 97.2 Å². The highest BCUT2D eigenvalue weighted by atomic mass is 35.5. The second-order valence-corrected chi connectivity index (χ2v) is 9.09. The lowest BCUT2D eigenvalue weighted by molar-refractivity contribution is -0.144. The quantitative estimate of drug-likeness (QED) is 0.212. The molecule has 4 aromatic rings. The number of hydrogen-bond donors (Lipinski definition) is 1. The molecule has 0 saturated heterocycles. The van der Waals surface area contributed by atoms with Gasteiger partial charge in [0.2, 0.25) is 0 Å². The van der Waals surface area contributed by atoms with Crippen molar-refractivity contribution in [2.45, 2.75) is 25.8 Å². The highest BCUT2D eigenvalue weighted by Gasteiger charge is 2.13. The van der Waals surface area contributed by atoms with Crippen LogP contribution in [0.3, 0.4) is 0 Å². The summed E-state index contributed by atoms with van der Waals surface area (Å²) in [7, 11) is 0. The van der Waals surface area contributed by atoms with Crippen LogP contribution in [0, 0.1) is 0 Å². The van der Waals surface area contributed by atoms with Crippen molar-refractivity contribution in [1.29, 1.82) is 0 Å². The molecule has 3 aromatic carbocycles. The van der Waals surface area contributed by atoms with E-state index in [0.29, 0.717) is 10.7 Å². The van der Waals surface area contributed by atoms with Crippen molar-refractivity contribution >= 4 is 29.6 Å². The van der Waals surface area contributed by atoms with Gasteiger partial charge in [0.15, 0.2) is 6.61 Å². The fourth-order valence-corrected chi connectivity index (χ4v) is 3.94. The van der Waals surface area contributed by atoms with E-state index >= 15 is 0 Å². The van der Waals surface area contributed by atoms with E-state index in [1.54, 1.807) is 22.9 Å². The van der Waals surface area contributed by atoms with Gasteiger partial charge in [-0.15, -0.1) is 0 Å². The molecule has 0 spiro atoms. The van der Waals surface area contributed by atoms with Crippen LogP contribution >= 0.6 is 11.6 Å². The number of para-hydroxylation sites is 1. The van der Waals surface area contributed by atoms with Crippen molar-refractivity contribution in [2.24, 2.45) is 0 Å². The Morgan fingerprint density at radius 3 is 2.38 bits per heavy atom. The van der Waals surface area contributed by atoms with Crippen LogP contribution in [-0.4, -0.2) is 34.3 Å². The van der Waals surface area contributed by atoms with E-state index in [1.165, 1.54) is 11.6 Å². The Hall–Kier alpha value is -4.16. The van der Waals surface area contributed by atoms with Gasteiger partial charge in [-0.3, -0.25) is 4.79 Å². The largest absolute Gasteiger partial charge is 0.452 e. The number of nitrogens with one attached hydrogen (secondary N) is 1. The van der Waals surface area contributed by atoms with Crippen molar-refractivity contribution in [3.63, 3.8) is 0 Å². The molecular formula is C30H28ClN3O3. The summed E-state index contributed by atoms with van der Waals surface area (Å²) in [6, 6.07) is 27.1. The summed E-state index contributed by atoms with van der Waals surface area (Å²) in [5, 5.41) is 8.21. The molecule has 1 aromatic heterocycles. The Balaban J connectivity index is 1.36. The summed E-state index contributed by atoms with van der Waals surface area (Å²) in [5.41, 5.74) is 4.37. The smallest absolute Gasteiger partial charge is 0.331 e. The number of rotatable bonds is 10. The summed E-state index contributed by atoms with van der Waals surface area (Å²) in [6.45, 7) is 1.59. The molecule has 4 rings (SSSR count). The molecule has 1 heterocycles. The molecule has 37 heavy (non-hydrogen) atoms. The molecule has 1 atom stereocenters. The van der Waals surface area contributed by atoms with E-state index in [1.807, 2.05) is 73.8 Å². The maximum Gasteiger partial charge on any atom is 0.331 e. The average molecular weight is 514 g/mol. The van der Waals surface area contributed by atoms with E-state index in [2.05, 4.69) is 17.4 Å². The van der Waals surface area contributed by atoms with Crippen molar-refractivity contribution in [2.75, 3.05) is 6.61 Å². The molecule has 1 N–H and O–H groups in total. The Morgan fingerprint density at radius 2 is 1.68 bits per heavy atom. The highest BCUT2D eigenvalue weighted by Crippen LogP contribution is 2.26. The van der Waals surface area contributed by atoms with Gasteiger partial charge < -0.3 is 10.1 Å². The highest BCUT2D eigenvalue weighted by molar-refractivity contribution is 6.30. The maximum absolute atomic E-state index is 12.4. The van der Waals surface area contributed by atoms with Crippen LogP contribution in [0.2, 0.25) is 5.02 Å². The molecule has 6 nitrogen and oxygen atoms in total. The first kappa shape index (κ1) is 25.9. The molecule has 0 aliphatic heterocycles. The second-order valence-electron chi connectivity index (χ2n) is 8.65. The number of nitrogens with zero attached hydrogens (tertiary/aromatic N) is 2. The maximum atomic E-state index is 12.4. The summed E-state index contributed by atoms with van der Waals surface area (Å²) in [6.07, 6.45) is 6.43. The molecule has 0 bridgehead atoms. The van der Waals surface area contributed by atoms with Gasteiger partial charge in [0.1, 0.15) is 0 Å². The van der Waals surface area contributed by atoms with Crippen molar-refractivity contribution in [3.05, 3.63) is 113 Å². The standard InChI is InChI=1S/C30H28ClN3O3/c1-22(12-13-23-8-4-2-5-9-23)32-28(35)21-37-29(36)19-16-25-20-34(27-10-6-3-7-11-27)33-30(25)24-14-17-26(31)18-15-24/h2-11,14-20,22H,12-13,21H2,1H3,(H,32,35)/b19-16+/t22-/m1/s1. The lowest BCUT2D eigenvalue weighted by Gasteiger charge is -2.13. The third-order valence-corrected chi connectivity index (χ3v) is 5.99. The minimum absolute atomic E-state index is 0.0345.